The van der Waals surface area contributed by atoms with Crippen LogP contribution in [0.3, 0.4) is 0 Å². The van der Waals surface area contributed by atoms with Gasteiger partial charge in [-0.2, -0.15) is 0 Å². The SMILES string of the molecule is C=COCCOCCOCCOCCOCCC(=O)OCC. The Kier molecular flexibility index (Phi) is 17.0. The average molecular weight is 320 g/mol. The van der Waals surface area contributed by atoms with Gasteiger partial charge >= 0.3 is 5.97 Å². The highest BCUT2D eigenvalue weighted by Gasteiger charge is 2.00. The van der Waals surface area contributed by atoms with Crippen molar-refractivity contribution < 1.29 is 33.2 Å². The first-order valence-electron chi connectivity index (χ1n) is 7.50. The third-order valence-electron chi connectivity index (χ3n) is 2.34. The van der Waals surface area contributed by atoms with Crippen LogP contribution in [0.4, 0.5) is 0 Å². The van der Waals surface area contributed by atoms with E-state index in [4.69, 9.17) is 28.4 Å². The largest absolute Gasteiger partial charge is 0.499 e. The second-order valence-electron chi connectivity index (χ2n) is 4.04. The lowest BCUT2D eigenvalue weighted by Crippen LogP contribution is -2.14. The number of ether oxygens (including phenoxy) is 6. The third-order valence-corrected chi connectivity index (χ3v) is 2.34. The van der Waals surface area contributed by atoms with Gasteiger partial charge in [0.2, 0.25) is 0 Å². The van der Waals surface area contributed by atoms with E-state index >= 15 is 0 Å². The smallest absolute Gasteiger partial charge is 0.308 e. The van der Waals surface area contributed by atoms with E-state index in [1.807, 2.05) is 0 Å². The molecule has 0 aliphatic rings. The van der Waals surface area contributed by atoms with Crippen LogP contribution in [0, 0.1) is 0 Å². The monoisotopic (exact) mass is 320 g/mol. The first-order valence-corrected chi connectivity index (χ1v) is 7.50. The molecule has 0 rings (SSSR count). The van der Waals surface area contributed by atoms with Crippen LogP contribution in [0.25, 0.3) is 0 Å². The molecule has 0 heterocycles. The molecule has 0 aliphatic carbocycles. The van der Waals surface area contributed by atoms with Crippen LogP contribution >= 0.6 is 0 Å². The van der Waals surface area contributed by atoms with Gasteiger partial charge in [0, 0.05) is 0 Å². The number of hydrogen-bond acceptors (Lipinski definition) is 7. The minimum absolute atomic E-state index is 0.241. The van der Waals surface area contributed by atoms with Crippen LogP contribution in [0.15, 0.2) is 12.8 Å². The first-order chi connectivity index (χ1) is 10.8. The van der Waals surface area contributed by atoms with Crippen LogP contribution in [-0.2, 0) is 33.2 Å². The molecule has 22 heavy (non-hydrogen) atoms. The predicted molar refractivity (Wildman–Crippen MR) is 80.7 cm³/mol. The third kappa shape index (κ3) is 16.9. The van der Waals surface area contributed by atoms with Gasteiger partial charge in [0.05, 0.1) is 72.1 Å². The van der Waals surface area contributed by atoms with E-state index in [1.54, 1.807) is 6.92 Å². The van der Waals surface area contributed by atoms with Gasteiger partial charge in [-0.25, -0.2) is 0 Å². The number of rotatable bonds is 17. The molecule has 7 nitrogen and oxygen atoms in total. The second kappa shape index (κ2) is 17.9. The topological polar surface area (TPSA) is 72.5 Å². The lowest BCUT2D eigenvalue weighted by atomic mass is 10.5. The molecule has 0 saturated heterocycles. The van der Waals surface area contributed by atoms with Crippen molar-refractivity contribution in [2.24, 2.45) is 0 Å². The van der Waals surface area contributed by atoms with Crippen molar-refractivity contribution in [1.29, 1.82) is 0 Å². The van der Waals surface area contributed by atoms with Crippen molar-refractivity contribution in [2.75, 3.05) is 66.1 Å². The molecule has 0 unspecified atom stereocenters. The normalized spacial score (nSPS) is 10.4. The molecule has 0 radical (unpaired) electrons. The van der Waals surface area contributed by atoms with Crippen molar-refractivity contribution in [2.45, 2.75) is 13.3 Å². The molecule has 0 amide bonds. The quantitative estimate of drug-likeness (QED) is 0.226. The van der Waals surface area contributed by atoms with Gasteiger partial charge in [-0.3, -0.25) is 4.79 Å². The molecule has 7 heteroatoms. The number of carbonyl (C=O) groups excluding carboxylic acids is 1. The van der Waals surface area contributed by atoms with Gasteiger partial charge in [-0.1, -0.05) is 6.58 Å². The van der Waals surface area contributed by atoms with Crippen LogP contribution in [0.2, 0.25) is 0 Å². The van der Waals surface area contributed by atoms with Crippen LogP contribution < -0.4 is 0 Å². The molecule has 0 spiro atoms. The summed E-state index contributed by atoms with van der Waals surface area (Å²) in [7, 11) is 0. The van der Waals surface area contributed by atoms with Crippen molar-refractivity contribution >= 4 is 5.97 Å². The molecule has 0 aromatic heterocycles. The highest BCUT2D eigenvalue weighted by molar-refractivity contribution is 5.69. The minimum Gasteiger partial charge on any atom is -0.499 e. The fraction of sp³-hybridized carbons (Fsp3) is 0.800. The van der Waals surface area contributed by atoms with E-state index in [9.17, 15) is 4.79 Å². The van der Waals surface area contributed by atoms with E-state index in [0.29, 0.717) is 66.1 Å². The molecule has 0 aromatic carbocycles. The van der Waals surface area contributed by atoms with Crippen molar-refractivity contribution in [3.05, 3.63) is 12.8 Å². The molecular formula is C15H28O7. The lowest BCUT2D eigenvalue weighted by Gasteiger charge is -2.07. The van der Waals surface area contributed by atoms with Gasteiger partial charge in [-0.15, -0.1) is 0 Å². The maximum absolute atomic E-state index is 11.0. The summed E-state index contributed by atoms with van der Waals surface area (Å²) in [6.07, 6.45) is 1.66. The number of carbonyl (C=O) groups is 1. The highest BCUT2D eigenvalue weighted by Crippen LogP contribution is 1.89. The Bertz CT molecular complexity index is 258. The fourth-order valence-electron chi connectivity index (χ4n) is 1.34. The van der Waals surface area contributed by atoms with Gasteiger partial charge in [-0.05, 0) is 6.92 Å². The van der Waals surface area contributed by atoms with Crippen LogP contribution in [-0.4, -0.2) is 72.0 Å². The Morgan fingerprint density at radius 1 is 0.818 bits per heavy atom. The summed E-state index contributed by atoms with van der Waals surface area (Å²) in [5.74, 6) is -0.241. The highest BCUT2D eigenvalue weighted by atomic mass is 16.6. The molecule has 0 N–H and O–H groups in total. The summed E-state index contributed by atoms with van der Waals surface area (Å²) in [6, 6.07) is 0. The zero-order chi connectivity index (χ0) is 16.3. The standard InChI is InChI=1S/C15H28O7/c1-3-17-7-8-19-11-12-21-14-13-20-10-9-18-6-5-15(16)22-4-2/h3H,1,4-14H2,2H3. The van der Waals surface area contributed by atoms with E-state index in [1.165, 1.54) is 6.26 Å². The molecule has 0 aliphatic heterocycles. The summed E-state index contributed by atoms with van der Waals surface area (Å²) in [6.45, 7) is 9.96. The van der Waals surface area contributed by atoms with Crippen molar-refractivity contribution in [1.82, 2.24) is 0 Å². The molecule has 0 bridgehead atoms. The Labute approximate surface area is 132 Å². The van der Waals surface area contributed by atoms with Crippen LogP contribution in [0.5, 0.6) is 0 Å². The maximum Gasteiger partial charge on any atom is 0.308 e. The second-order valence-corrected chi connectivity index (χ2v) is 4.04. The number of esters is 1. The van der Waals surface area contributed by atoms with E-state index in [-0.39, 0.29) is 12.4 Å². The Morgan fingerprint density at radius 3 is 1.73 bits per heavy atom. The van der Waals surface area contributed by atoms with Crippen molar-refractivity contribution in [3.63, 3.8) is 0 Å². The molecule has 0 fully saturated rings. The summed E-state index contributed by atoms with van der Waals surface area (Å²) in [5.41, 5.74) is 0. The zero-order valence-corrected chi connectivity index (χ0v) is 13.4. The Hall–Kier alpha value is -1.15. The summed E-state index contributed by atoms with van der Waals surface area (Å²) in [4.78, 5) is 11.0. The van der Waals surface area contributed by atoms with Gasteiger partial charge in [0.15, 0.2) is 0 Å². The van der Waals surface area contributed by atoms with Crippen LogP contribution in [0.1, 0.15) is 13.3 Å². The van der Waals surface area contributed by atoms with Crippen molar-refractivity contribution in [3.8, 4) is 0 Å². The molecule has 0 aromatic rings. The van der Waals surface area contributed by atoms with Gasteiger partial charge < -0.3 is 28.4 Å². The minimum atomic E-state index is -0.241. The predicted octanol–water partition coefficient (Wildman–Crippen LogP) is 1.17. The summed E-state index contributed by atoms with van der Waals surface area (Å²) < 4.78 is 30.8. The Balaban J connectivity index is 3.02. The van der Waals surface area contributed by atoms with Gasteiger partial charge in [0.1, 0.15) is 6.61 Å². The Morgan fingerprint density at radius 2 is 1.27 bits per heavy atom. The van der Waals surface area contributed by atoms with E-state index < -0.39 is 0 Å². The van der Waals surface area contributed by atoms with E-state index in [2.05, 4.69) is 6.58 Å². The lowest BCUT2D eigenvalue weighted by molar-refractivity contribution is -0.144. The summed E-state index contributed by atoms with van der Waals surface area (Å²) in [5, 5.41) is 0. The van der Waals surface area contributed by atoms with E-state index in [0.717, 1.165) is 0 Å². The number of hydrogen-bond donors (Lipinski definition) is 0. The molecular weight excluding hydrogens is 292 g/mol. The van der Waals surface area contributed by atoms with Gasteiger partial charge in [0.25, 0.3) is 0 Å². The fourth-order valence-corrected chi connectivity index (χ4v) is 1.34. The maximum atomic E-state index is 11.0. The average Bonchev–Trinajstić information content (AvgIpc) is 2.51. The molecule has 0 atom stereocenters. The zero-order valence-electron chi connectivity index (χ0n) is 13.4. The molecule has 130 valence electrons. The summed E-state index contributed by atoms with van der Waals surface area (Å²) >= 11 is 0. The molecule has 0 saturated carbocycles. The first kappa shape index (κ1) is 20.9.